The second-order valence-electron chi connectivity index (χ2n) is 8.70. The van der Waals surface area contributed by atoms with Gasteiger partial charge in [-0.05, 0) is 42.2 Å². The van der Waals surface area contributed by atoms with Crippen molar-refractivity contribution in [3.8, 4) is 28.2 Å². The highest BCUT2D eigenvalue weighted by molar-refractivity contribution is 5.91. The molecule has 0 spiro atoms. The molecule has 0 bridgehead atoms. The number of esters is 1. The molecule has 39 heavy (non-hydrogen) atoms. The van der Waals surface area contributed by atoms with Gasteiger partial charge >= 0.3 is 12.1 Å². The molecule has 8 nitrogen and oxygen atoms in total. The first-order valence-corrected chi connectivity index (χ1v) is 12.5. The van der Waals surface area contributed by atoms with Crippen molar-refractivity contribution < 1.29 is 32.7 Å². The number of anilines is 1. The van der Waals surface area contributed by atoms with Crippen molar-refractivity contribution in [2.45, 2.75) is 26.7 Å². The van der Waals surface area contributed by atoms with Crippen LogP contribution in [0.2, 0.25) is 0 Å². The molecule has 9 heteroatoms. The Balaban J connectivity index is 1.37. The monoisotopic (exact) mass is 532 g/mol. The van der Waals surface area contributed by atoms with E-state index < -0.39 is 11.9 Å². The van der Waals surface area contributed by atoms with Crippen LogP contribution >= 0.6 is 0 Å². The summed E-state index contributed by atoms with van der Waals surface area (Å²) in [5.74, 6) is 0.132. The van der Waals surface area contributed by atoms with E-state index in [2.05, 4.69) is 10.5 Å². The van der Waals surface area contributed by atoms with Gasteiger partial charge in [0.15, 0.2) is 5.76 Å². The fourth-order valence-corrected chi connectivity index (χ4v) is 3.97. The lowest BCUT2D eigenvalue weighted by Gasteiger charge is -2.09. The van der Waals surface area contributed by atoms with Crippen LogP contribution in [0.15, 0.2) is 71.3 Å². The number of benzene rings is 3. The van der Waals surface area contributed by atoms with Crippen molar-refractivity contribution >= 4 is 17.7 Å². The third-order valence-electron chi connectivity index (χ3n) is 6.04. The van der Waals surface area contributed by atoms with E-state index in [0.717, 1.165) is 16.7 Å². The predicted molar refractivity (Wildman–Crippen MR) is 144 cm³/mol. The molecular weight excluding hydrogens is 503 g/mol. The van der Waals surface area contributed by atoms with Gasteiger partial charge in [-0.25, -0.2) is 9.18 Å². The number of ether oxygens (including phenoxy) is 3. The van der Waals surface area contributed by atoms with Crippen LogP contribution in [0.25, 0.3) is 22.5 Å². The van der Waals surface area contributed by atoms with Gasteiger partial charge in [0.1, 0.15) is 22.9 Å². The number of aromatic nitrogens is 1. The van der Waals surface area contributed by atoms with Gasteiger partial charge in [0.05, 0.1) is 26.7 Å². The molecule has 0 fully saturated rings. The number of carbonyl (C=O) groups is 2. The van der Waals surface area contributed by atoms with E-state index in [-0.39, 0.29) is 25.4 Å². The lowest BCUT2D eigenvalue weighted by Crippen LogP contribution is -2.16. The Morgan fingerprint density at radius 2 is 1.62 bits per heavy atom. The smallest absolute Gasteiger partial charge is 0.411 e. The summed E-state index contributed by atoms with van der Waals surface area (Å²) in [6, 6.07) is 19.8. The molecule has 0 aliphatic carbocycles. The third-order valence-corrected chi connectivity index (χ3v) is 6.04. The number of amides is 1. The normalized spacial score (nSPS) is 10.7. The predicted octanol–water partition coefficient (Wildman–Crippen LogP) is 6.36. The number of aryl methyl sites for hydroxylation is 1. The molecule has 4 aromatic rings. The first-order valence-electron chi connectivity index (χ1n) is 12.5. The summed E-state index contributed by atoms with van der Waals surface area (Å²) in [7, 11) is 1.46. The molecule has 0 unspecified atom stereocenters. The molecule has 0 atom stereocenters. The molecule has 0 aliphatic rings. The quantitative estimate of drug-likeness (QED) is 0.237. The van der Waals surface area contributed by atoms with Crippen LogP contribution in [0, 0.1) is 12.7 Å². The fraction of sp³-hybridized carbons (Fsp3) is 0.233. The molecule has 3 aromatic carbocycles. The molecule has 0 aliphatic heterocycles. The Hall–Kier alpha value is -4.66. The number of hydrogen-bond donors (Lipinski definition) is 1. The summed E-state index contributed by atoms with van der Waals surface area (Å²) >= 11 is 0. The highest BCUT2D eigenvalue weighted by Crippen LogP contribution is 2.32. The highest BCUT2D eigenvalue weighted by atomic mass is 19.1. The third kappa shape index (κ3) is 7.01. The Kier molecular flexibility index (Phi) is 8.94. The first kappa shape index (κ1) is 27.4. The molecule has 1 aromatic heterocycles. The summed E-state index contributed by atoms with van der Waals surface area (Å²) in [5.41, 5.74) is 4.85. The standard InChI is InChI=1S/C30H29FN2O6/c1-4-37-27(34)17-20-5-7-21(8-6-20)22-9-11-24(12-10-22)29-28(19(2)33-39-29)32-30(35)38-16-15-23-13-14-25(36-3)18-26(23)31/h5-14,18H,4,15-17H2,1-3H3,(H,32,35). The van der Waals surface area contributed by atoms with Gasteiger partial charge in [-0.2, -0.15) is 0 Å². The maximum Gasteiger partial charge on any atom is 0.411 e. The minimum absolute atomic E-state index is 0.0119. The summed E-state index contributed by atoms with van der Waals surface area (Å²) in [5, 5.41) is 6.67. The summed E-state index contributed by atoms with van der Waals surface area (Å²) < 4.78 is 34.8. The minimum atomic E-state index is -0.698. The van der Waals surface area contributed by atoms with Gasteiger partial charge in [-0.15, -0.1) is 0 Å². The van der Waals surface area contributed by atoms with E-state index in [1.807, 2.05) is 48.5 Å². The van der Waals surface area contributed by atoms with Crippen LogP contribution in [-0.2, 0) is 27.1 Å². The summed E-state index contributed by atoms with van der Waals surface area (Å²) in [4.78, 5) is 24.1. The molecule has 1 amide bonds. The van der Waals surface area contributed by atoms with Gasteiger partial charge in [0, 0.05) is 18.1 Å². The van der Waals surface area contributed by atoms with Crippen LogP contribution in [-0.4, -0.2) is 37.5 Å². The number of carbonyl (C=O) groups excluding carboxylic acids is 2. The molecule has 1 N–H and O–H groups in total. The largest absolute Gasteiger partial charge is 0.497 e. The number of halogens is 1. The number of hydrogen-bond acceptors (Lipinski definition) is 7. The van der Waals surface area contributed by atoms with Crippen molar-refractivity contribution in [1.29, 1.82) is 0 Å². The molecular formula is C30H29FN2O6. The van der Waals surface area contributed by atoms with E-state index >= 15 is 0 Å². The van der Waals surface area contributed by atoms with Gasteiger partial charge in [0.25, 0.3) is 0 Å². The average molecular weight is 533 g/mol. The van der Waals surface area contributed by atoms with Crippen molar-refractivity contribution in [2.75, 3.05) is 25.6 Å². The summed E-state index contributed by atoms with van der Waals surface area (Å²) in [6.07, 6.45) is -0.255. The lowest BCUT2D eigenvalue weighted by atomic mass is 10.0. The van der Waals surface area contributed by atoms with E-state index in [9.17, 15) is 14.0 Å². The maximum absolute atomic E-state index is 14.1. The van der Waals surface area contributed by atoms with Crippen LogP contribution in [0.5, 0.6) is 5.75 Å². The Bertz CT molecular complexity index is 1430. The zero-order chi connectivity index (χ0) is 27.8. The van der Waals surface area contributed by atoms with E-state index in [4.69, 9.17) is 18.7 Å². The molecule has 4 rings (SSSR count). The molecule has 0 radical (unpaired) electrons. The van der Waals surface area contributed by atoms with Gasteiger partial charge in [-0.3, -0.25) is 10.1 Å². The Labute approximate surface area is 225 Å². The second kappa shape index (κ2) is 12.7. The molecule has 0 saturated heterocycles. The van der Waals surface area contributed by atoms with Crippen LogP contribution in [0.1, 0.15) is 23.7 Å². The van der Waals surface area contributed by atoms with Crippen molar-refractivity contribution in [3.63, 3.8) is 0 Å². The van der Waals surface area contributed by atoms with Crippen LogP contribution < -0.4 is 10.1 Å². The minimum Gasteiger partial charge on any atom is -0.497 e. The molecule has 1 heterocycles. The maximum atomic E-state index is 14.1. The van der Waals surface area contributed by atoms with Gasteiger partial charge in [0.2, 0.25) is 0 Å². The van der Waals surface area contributed by atoms with E-state index in [0.29, 0.717) is 40.6 Å². The van der Waals surface area contributed by atoms with Crippen LogP contribution in [0.4, 0.5) is 14.9 Å². The SMILES string of the molecule is CCOC(=O)Cc1ccc(-c2ccc(-c3onc(C)c3NC(=O)OCCc3ccc(OC)cc3F)cc2)cc1. The van der Waals surface area contributed by atoms with E-state index in [1.165, 1.54) is 13.2 Å². The Morgan fingerprint density at radius 3 is 2.26 bits per heavy atom. The fourth-order valence-electron chi connectivity index (χ4n) is 3.97. The average Bonchev–Trinajstić information content (AvgIpc) is 3.29. The lowest BCUT2D eigenvalue weighted by molar-refractivity contribution is -0.142. The van der Waals surface area contributed by atoms with Crippen molar-refractivity contribution in [1.82, 2.24) is 5.16 Å². The van der Waals surface area contributed by atoms with E-state index in [1.54, 1.807) is 26.0 Å². The zero-order valence-electron chi connectivity index (χ0n) is 22.0. The first-order chi connectivity index (χ1) is 18.9. The number of methoxy groups -OCH3 is 1. The number of rotatable bonds is 10. The number of nitrogens with one attached hydrogen (secondary N) is 1. The zero-order valence-corrected chi connectivity index (χ0v) is 22.0. The van der Waals surface area contributed by atoms with Gasteiger partial charge < -0.3 is 18.7 Å². The van der Waals surface area contributed by atoms with Crippen molar-refractivity contribution in [2.24, 2.45) is 0 Å². The molecule has 0 saturated carbocycles. The Morgan fingerprint density at radius 1 is 0.949 bits per heavy atom. The number of nitrogens with zero attached hydrogens (tertiary/aromatic N) is 1. The molecule has 202 valence electrons. The topological polar surface area (TPSA) is 99.9 Å². The summed E-state index contributed by atoms with van der Waals surface area (Å²) in [6.45, 7) is 3.84. The van der Waals surface area contributed by atoms with Crippen LogP contribution in [0.3, 0.4) is 0 Å². The van der Waals surface area contributed by atoms with Gasteiger partial charge in [-0.1, -0.05) is 59.8 Å². The second-order valence-corrected chi connectivity index (χ2v) is 8.70. The van der Waals surface area contributed by atoms with Crippen molar-refractivity contribution in [3.05, 3.63) is 89.4 Å². The highest BCUT2D eigenvalue weighted by Gasteiger charge is 2.18.